The molecule has 2 amide bonds. The van der Waals surface area contributed by atoms with Gasteiger partial charge in [-0.2, -0.15) is 0 Å². The molecule has 204 valence electrons. The van der Waals surface area contributed by atoms with Crippen molar-refractivity contribution in [1.82, 2.24) is 9.55 Å². The van der Waals surface area contributed by atoms with Crippen molar-refractivity contribution in [3.05, 3.63) is 93.0 Å². The van der Waals surface area contributed by atoms with Gasteiger partial charge in [0.25, 0.3) is 11.8 Å². The predicted molar refractivity (Wildman–Crippen MR) is 155 cm³/mol. The number of pyridine rings is 1. The smallest absolute Gasteiger partial charge is 0.261 e. The van der Waals surface area contributed by atoms with Crippen molar-refractivity contribution in [2.75, 3.05) is 24.4 Å². The molecule has 8 nitrogen and oxygen atoms in total. The number of anilines is 2. The van der Waals surface area contributed by atoms with Crippen LogP contribution in [-0.4, -0.2) is 35.6 Å². The molecule has 1 N–H and O–H groups in total. The fourth-order valence-corrected chi connectivity index (χ4v) is 6.28. The molecule has 0 saturated heterocycles. The second-order valence-corrected chi connectivity index (χ2v) is 11.0. The topological polar surface area (TPSA) is 85.7 Å². The number of hydrogen-bond acceptors (Lipinski definition) is 5. The molecule has 2 aliphatic rings. The SMILES string of the molecule is COc1ccc(-n2cc3c(c2C(C)C)C2(C(=O)Nc4cc(Cl)ccc42)N(c2cc(Cl)cnc2C)C3=O)c(OC)c1. The molecule has 0 bridgehead atoms. The summed E-state index contributed by atoms with van der Waals surface area (Å²) in [6.45, 7) is 5.85. The van der Waals surface area contributed by atoms with E-state index in [1.54, 1.807) is 57.7 Å². The summed E-state index contributed by atoms with van der Waals surface area (Å²) in [5, 5.41) is 3.82. The van der Waals surface area contributed by atoms with E-state index in [1.165, 1.54) is 11.1 Å². The molecule has 4 heterocycles. The van der Waals surface area contributed by atoms with Gasteiger partial charge in [0.05, 0.1) is 41.9 Å². The minimum atomic E-state index is -1.52. The monoisotopic (exact) mass is 576 g/mol. The number of halogens is 2. The van der Waals surface area contributed by atoms with Crippen LogP contribution in [0.1, 0.15) is 52.6 Å². The highest BCUT2D eigenvalue weighted by Crippen LogP contribution is 2.56. The number of aromatic nitrogens is 2. The molecule has 2 aromatic heterocycles. The Morgan fingerprint density at radius 2 is 1.75 bits per heavy atom. The van der Waals surface area contributed by atoms with E-state index in [4.69, 9.17) is 32.7 Å². The van der Waals surface area contributed by atoms with E-state index >= 15 is 0 Å². The van der Waals surface area contributed by atoms with E-state index in [9.17, 15) is 9.59 Å². The number of fused-ring (bicyclic) bond motifs is 4. The molecule has 4 aromatic rings. The fraction of sp³-hybridized carbons (Fsp3) is 0.233. The minimum absolute atomic E-state index is 0.0945. The maximum atomic E-state index is 14.5. The van der Waals surface area contributed by atoms with Crippen LogP contribution in [0.5, 0.6) is 11.5 Å². The third kappa shape index (κ3) is 3.49. The van der Waals surface area contributed by atoms with E-state index in [0.717, 1.165) is 5.69 Å². The first-order chi connectivity index (χ1) is 19.1. The lowest BCUT2D eigenvalue weighted by Crippen LogP contribution is -2.51. The van der Waals surface area contributed by atoms with Crippen LogP contribution in [0.15, 0.2) is 54.9 Å². The van der Waals surface area contributed by atoms with E-state index < -0.39 is 5.54 Å². The van der Waals surface area contributed by atoms with Gasteiger partial charge in [0.2, 0.25) is 0 Å². The standard InChI is InChI=1S/C30H26Cl2N4O4/c1-15(2)27-26-20(14-35(27)23-9-7-19(39-4)12-25(23)40-5)28(37)36(24-11-18(32)13-33-16(24)3)30(26)21-8-6-17(31)10-22(21)34-29(30)38/h6-15H,1-5H3,(H,34,38). The summed E-state index contributed by atoms with van der Waals surface area (Å²) in [6.07, 6.45) is 3.31. The molecule has 1 spiro atoms. The highest BCUT2D eigenvalue weighted by molar-refractivity contribution is 6.32. The number of nitrogens with one attached hydrogen (secondary N) is 1. The molecule has 2 aliphatic heterocycles. The highest BCUT2D eigenvalue weighted by atomic mass is 35.5. The Morgan fingerprint density at radius 1 is 0.975 bits per heavy atom. The van der Waals surface area contributed by atoms with Gasteiger partial charge in [0.15, 0.2) is 5.54 Å². The lowest BCUT2D eigenvalue weighted by atomic mass is 9.81. The normalized spacial score (nSPS) is 17.4. The average molecular weight is 577 g/mol. The minimum Gasteiger partial charge on any atom is -0.497 e. The Kier molecular flexibility index (Phi) is 6.09. The molecule has 0 aliphatic carbocycles. The van der Waals surface area contributed by atoms with Crippen LogP contribution in [0.4, 0.5) is 11.4 Å². The van der Waals surface area contributed by atoms with Crippen LogP contribution < -0.4 is 19.7 Å². The molecule has 1 unspecified atom stereocenters. The van der Waals surface area contributed by atoms with Crippen molar-refractivity contribution in [3.63, 3.8) is 0 Å². The summed E-state index contributed by atoms with van der Waals surface area (Å²) in [6, 6.07) is 12.4. The van der Waals surface area contributed by atoms with Gasteiger partial charge in [-0.1, -0.05) is 43.1 Å². The van der Waals surface area contributed by atoms with Crippen LogP contribution in [0.2, 0.25) is 10.0 Å². The molecule has 1 atom stereocenters. The molecule has 6 rings (SSSR count). The molecule has 0 saturated carbocycles. The van der Waals surface area contributed by atoms with Crippen molar-refractivity contribution in [3.8, 4) is 17.2 Å². The van der Waals surface area contributed by atoms with Crippen LogP contribution in [0.3, 0.4) is 0 Å². The van der Waals surface area contributed by atoms with E-state index in [-0.39, 0.29) is 17.7 Å². The largest absolute Gasteiger partial charge is 0.497 e. The van der Waals surface area contributed by atoms with Crippen molar-refractivity contribution in [1.29, 1.82) is 0 Å². The zero-order chi connectivity index (χ0) is 28.5. The summed E-state index contributed by atoms with van der Waals surface area (Å²) >= 11 is 12.7. The Balaban J connectivity index is 1.73. The van der Waals surface area contributed by atoms with Crippen LogP contribution in [0.25, 0.3) is 5.69 Å². The van der Waals surface area contributed by atoms with Crippen LogP contribution in [0, 0.1) is 6.92 Å². The van der Waals surface area contributed by atoms with Crippen molar-refractivity contribution in [2.45, 2.75) is 32.2 Å². The number of benzene rings is 2. The Hall–Kier alpha value is -4.01. The Morgan fingerprint density at radius 3 is 2.45 bits per heavy atom. The number of carbonyl (C=O) groups is 2. The zero-order valence-electron chi connectivity index (χ0n) is 22.5. The number of nitrogens with zero attached hydrogens (tertiary/aromatic N) is 3. The third-order valence-corrected chi connectivity index (χ3v) is 8.02. The average Bonchev–Trinajstić information content (AvgIpc) is 3.53. The number of amides is 2. The lowest BCUT2D eigenvalue weighted by Gasteiger charge is -2.36. The molecule has 2 aromatic carbocycles. The number of aryl methyl sites for hydroxylation is 1. The first-order valence-electron chi connectivity index (χ1n) is 12.7. The molecular weight excluding hydrogens is 551 g/mol. The predicted octanol–water partition coefficient (Wildman–Crippen LogP) is 6.48. The van der Waals surface area contributed by atoms with Crippen LogP contribution >= 0.6 is 23.2 Å². The summed E-state index contributed by atoms with van der Waals surface area (Å²) < 4.78 is 13.1. The van der Waals surface area contributed by atoms with Crippen molar-refractivity contribution >= 4 is 46.4 Å². The van der Waals surface area contributed by atoms with Gasteiger partial charge in [-0.05, 0) is 43.2 Å². The number of hydrogen-bond donors (Lipinski definition) is 1. The first-order valence-corrected chi connectivity index (χ1v) is 13.4. The molecule has 40 heavy (non-hydrogen) atoms. The van der Waals surface area contributed by atoms with Gasteiger partial charge >= 0.3 is 0 Å². The molecule has 0 radical (unpaired) electrons. The quantitative estimate of drug-likeness (QED) is 0.293. The zero-order valence-corrected chi connectivity index (χ0v) is 24.0. The van der Waals surface area contributed by atoms with Crippen molar-refractivity contribution < 1.29 is 19.1 Å². The number of ether oxygens (including phenoxy) is 2. The molecule has 0 fully saturated rings. The van der Waals surface area contributed by atoms with E-state index in [2.05, 4.69) is 10.3 Å². The second kappa shape index (κ2) is 9.28. The van der Waals surface area contributed by atoms with E-state index in [0.29, 0.717) is 61.0 Å². The Labute approximate surface area is 241 Å². The lowest BCUT2D eigenvalue weighted by molar-refractivity contribution is -0.119. The first kappa shape index (κ1) is 26.2. The summed E-state index contributed by atoms with van der Waals surface area (Å²) in [5.41, 5.74) is 3.17. The fourth-order valence-electron chi connectivity index (χ4n) is 5.95. The summed E-state index contributed by atoms with van der Waals surface area (Å²) in [5.74, 6) is 0.398. The van der Waals surface area contributed by atoms with Gasteiger partial charge in [-0.15, -0.1) is 0 Å². The number of rotatable bonds is 5. The van der Waals surface area contributed by atoms with Gasteiger partial charge < -0.3 is 19.4 Å². The summed E-state index contributed by atoms with van der Waals surface area (Å²) in [4.78, 5) is 34.8. The van der Waals surface area contributed by atoms with Gasteiger partial charge in [0.1, 0.15) is 11.5 Å². The summed E-state index contributed by atoms with van der Waals surface area (Å²) in [7, 11) is 3.17. The maximum absolute atomic E-state index is 14.5. The third-order valence-electron chi connectivity index (χ3n) is 7.58. The Bertz CT molecular complexity index is 1730. The van der Waals surface area contributed by atoms with Gasteiger partial charge in [-0.25, -0.2) is 0 Å². The maximum Gasteiger partial charge on any atom is 0.261 e. The number of carbonyl (C=O) groups excluding carboxylic acids is 2. The van der Waals surface area contributed by atoms with Gasteiger partial charge in [-0.3, -0.25) is 19.5 Å². The van der Waals surface area contributed by atoms with E-state index in [1.807, 2.05) is 30.5 Å². The second-order valence-electron chi connectivity index (χ2n) is 10.1. The molecule has 10 heteroatoms. The van der Waals surface area contributed by atoms with Crippen molar-refractivity contribution in [2.24, 2.45) is 0 Å². The van der Waals surface area contributed by atoms with Gasteiger partial charge in [0, 0.05) is 46.0 Å². The molecular formula is C30H26Cl2N4O4. The number of methoxy groups -OCH3 is 2. The highest BCUT2D eigenvalue weighted by Gasteiger charge is 2.63. The van der Waals surface area contributed by atoms with Crippen LogP contribution in [-0.2, 0) is 10.3 Å².